The number of phenolic OH excluding ortho intramolecular Hbond substituents is 1. The summed E-state index contributed by atoms with van der Waals surface area (Å²) in [5.41, 5.74) is 12.9. The second-order valence-electron chi connectivity index (χ2n) is 20.6. The molecule has 3 heterocycles. The number of benzene rings is 5. The van der Waals surface area contributed by atoms with Gasteiger partial charge in [0.05, 0.1) is 24.8 Å². The molecule has 0 unspecified atom stereocenters. The van der Waals surface area contributed by atoms with Gasteiger partial charge in [-0.05, 0) is 69.3 Å². The number of pyridine rings is 2. The summed E-state index contributed by atoms with van der Waals surface area (Å²) in [5, 5.41) is 15.9. The molecule has 0 bridgehead atoms. The molecule has 3 aromatic heterocycles. The average molecular weight is 1000 g/mol. The number of nitrogens with zero attached hydrogens (tertiary/aromatic N) is 3. The normalized spacial score (nSPS) is 12.5. The van der Waals surface area contributed by atoms with Crippen LogP contribution in [0.1, 0.15) is 79.0 Å². The molecule has 8 rings (SSSR count). The van der Waals surface area contributed by atoms with Crippen LogP contribution in [0.2, 0.25) is 19.6 Å². The standard InChI is InChI=1S/C55H58N3OSi.Pt/c1-53(2,3)39-29-37(46-31-36(26-27-56-46)35-18-14-13-15-19-35)28-38(30-39)51-50-43-20-16-17-21-48(43)58(41-22-24-42(25-23-41)60(10,11)12)49(50)34-47(57-51)44-32-40(54(4,5)6)33-45(52(44)59)55(7,8)9;/h13-27,29-34,59H,1-12H3;/q-1;. The number of fused-ring (bicyclic) bond motifs is 3. The van der Waals surface area contributed by atoms with E-state index < -0.39 is 8.07 Å². The van der Waals surface area contributed by atoms with E-state index in [1.54, 1.807) is 0 Å². The Balaban J connectivity index is 0.00000561. The summed E-state index contributed by atoms with van der Waals surface area (Å²) in [7, 11) is -1.54. The van der Waals surface area contributed by atoms with Crippen LogP contribution in [0.15, 0.2) is 128 Å². The molecular formula is C55H58N3OPtSi-. The number of hydrogen-bond donors (Lipinski definition) is 1. The molecule has 0 amide bonds. The first-order valence-corrected chi connectivity index (χ1v) is 24.7. The molecule has 314 valence electrons. The van der Waals surface area contributed by atoms with Gasteiger partial charge in [-0.3, -0.25) is 9.97 Å². The summed E-state index contributed by atoms with van der Waals surface area (Å²) in [6.45, 7) is 27.1. The van der Waals surface area contributed by atoms with Gasteiger partial charge in [0.1, 0.15) is 5.75 Å². The van der Waals surface area contributed by atoms with E-state index in [0.29, 0.717) is 0 Å². The maximum Gasteiger partial charge on any atom is 0.128 e. The fourth-order valence-corrected chi connectivity index (χ4v) is 9.36. The van der Waals surface area contributed by atoms with Gasteiger partial charge >= 0.3 is 0 Å². The van der Waals surface area contributed by atoms with Crippen LogP contribution in [0.25, 0.3) is 72.4 Å². The monoisotopic (exact) mass is 999 g/mol. The van der Waals surface area contributed by atoms with E-state index in [9.17, 15) is 5.11 Å². The average Bonchev–Trinajstić information content (AvgIpc) is 3.53. The number of aromatic nitrogens is 3. The van der Waals surface area contributed by atoms with Crippen molar-refractivity contribution >= 4 is 35.1 Å². The van der Waals surface area contributed by atoms with Crippen LogP contribution in [0.4, 0.5) is 0 Å². The summed E-state index contributed by atoms with van der Waals surface area (Å²) in [5.74, 6) is 0.269. The zero-order valence-corrected chi connectivity index (χ0v) is 41.0. The van der Waals surface area contributed by atoms with Crippen molar-refractivity contribution in [3.63, 3.8) is 0 Å². The SMILES string of the molecule is CC(C)(C)c1cc(-c2cc(-c3ccccc3)ccn2)[c-]c(-c2nc(-c3cc(C(C)(C)C)cc(C(C)(C)C)c3O)cc3c2c2ccccc2n3-c2ccc([Si](C)(C)C)cc2)c1.[Pt]. The summed E-state index contributed by atoms with van der Waals surface area (Å²) in [6.07, 6.45) is 1.89. The first-order chi connectivity index (χ1) is 28.2. The van der Waals surface area contributed by atoms with Crippen LogP contribution >= 0.6 is 0 Å². The molecule has 8 aromatic rings. The van der Waals surface area contributed by atoms with E-state index >= 15 is 0 Å². The van der Waals surface area contributed by atoms with Gasteiger partial charge in [-0.2, -0.15) is 0 Å². The Hall–Kier alpha value is -5.09. The minimum Gasteiger partial charge on any atom is -0.507 e. The van der Waals surface area contributed by atoms with Gasteiger partial charge in [-0.1, -0.05) is 171 Å². The largest absolute Gasteiger partial charge is 0.507 e. The Labute approximate surface area is 378 Å². The molecule has 1 N–H and O–H groups in total. The summed E-state index contributed by atoms with van der Waals surface area (Å²) in [4.78, 5) is 10.6. The fraction of sp³-hybridized carbons (Fsp3) is 0.273. The Morgan fingerprint density at radius 3 is 1.85 bits per heavy atom. The number of rotatable bonds is 6. The van der Waals surface area contributed by atoms with Gasteiger partial charge in [-0.25, -0.2) is 0 Å². The first kappa shape index (κ1) is 44.0. The van der Waals surface area contributed by atoms with Gasteiger partial charge in [0.2, 0.25) is 0 Å². The van der Waals surface area contributed by atoms with Crippen LogP contribution in [-0.4, -0.2) is 27.7 Å². The molecule has 5 aromatic carbocycles. The second-order valence-corrected chi connectivity index (χ2v) is 25.6. The number of aromatic hydroxyl groups is 1. The maximum absolute atomic E-state index is 12.3. The number of hydrogen-bond acceptors (Lipinski definition) is 3. The van der Waals surface area contributed by atoms with Crippen molar-refractivity contribution in [1.29, 1.82) is 0 Å². The van der Waals surface area contributed by atoms with Crippen molar-refractivity contribution in [2.24, 2.45) is 0 Å². The molecule has 0 saturated heterocycles. The Bertz CT molecular complexity index is 2900. The number of para-hydroxylation sites is 1. The molecule has 4 nitrogen and oxygen atoms in total. The molecule has 0 fully saturated rings. The third kappa shape index (κ3) is 8.57. The van der Waals surface area contributed by atoms with Crippen LogP contribution in [0.3, 0.4) is 0 Å². The Morgan fingerprint density at radius 2 is 1.21 bits per heavy atom. The number of phenols is 1. The van der Waals surface area contributed by atoms with E-state index in [1.807, 2.05) is 12.3 Å². The summed E-state index contributed by atoms with van der Waals surface area (Å²) < 4.78 is 2.38. The minimum atomic E-state index is -1.54. The fourth-order valence-electron chi connectivity index (χ4n) is 8.20. The zero-order chi connectivity index (χ0) is 42.9. The molecule has 6 heteroatoms. The summed E-state index contributed by atoms with van der Waals surface area (Å²) in [6, 6.07) is 47.4. The molecule has 0 aliphatic heterocycles. The smallest absolute Gasteiger partial charge is 0.128 e. The molecule has 0 aliphatic rings. The van der Waals surface area contributed by atoms with Gasteiger partial charge in [0.25, 0.3) is 0 Å². The van der Waals surface area contributed by atoms with Crippen molar-refractivity contribution in [2.45, 2.75) is 98.2 Å². The zero-order valence-electron chi connectivity index (χ0n) is 37.7. The van der Waals surface area contributed by atoms with E-state index in [0.717, 1.165) is 89.1 Å². The van der Waals surface area contributed by atoms with Gasteiger partial charge in [0, 0.05) is 66.2 Å². The van der Waals surface area contributed by atoms with Gasteiger partial charge in [0.15, 0.2) is 0 Å². The van der Waals surface area contributed by atoms with Gasteiger partial charge in [-0.15, -0.1) is 23.8 Å². The van der Waals surface area contributed by atoms with Gasteiger partial charge < -0.3 is 9.67 Å². The van der Waals surface area contributed by atoms with Crippen LogP contribution in [0, 0.1) is 6.07 Å². The van der Waals surface area contributed by atoms with E-state index in [1.165, 1.54) is 5.19 Å². The van der Waals surface area contributed by atoms with Crippen LogP contribution in [0.5, 0.6) is 5.75 Å². The maximum atomic E-state index is 12.3. The summed E-state index contributed by atoms with van der Waals surface area (Å²) >= 11 is 0. The third-order valence-electron chi connectivity index (χ3n) is 11.8. The third-order valence-corrected chi connectivity index (χ3v) is 13.9. The van der Waals surface area contributed by atoms with E-state index in [-0.39, 0.29) is 43.1 Å². The minimum absolute atomic E-state index is 0. The topological polar surface area (TPSA) is 50.9 Å². The predicted molar refractivity (Wildman–Crippen MR) is 258 cm³/mol. The molecular weight excluding hydrogens is 942 g/mol. The molecule has 0 atom stereocenters. The second kappa shape index (κ2) is 16.0. The Morgan fingerprint density at radius 1 is 0.590 bits per heavy atom. The van der Waals surface area contributed by atoms with Crippen LogP contribution < -0.4 is 5.19 Å². The first-order valence-electron chi connectivity index (χ1n) is 21.2. The quantitative estimate of drug-likeness (QED) is 0.133. The van der Waals surface area contributed by atoms with E-state index in [4.69, 9.17) is 9.97 Å². The van der Waals surface area contributed by atoms with Crippen LogP contribution in [-0.2, 0) is 37.3 Å². The van der Waals surface area contributed by atoms with Crippen molar-refractivity contribution in [2.75, 3.05) is 0 Å². The molecule has 0 saturated carbocycles. The molecule has 0 radical (unpaired) electrons. The van der Waals surface area contributed by atoms with Crippen molar-refractivity contribution in [3.05, 3.63) is 150 Å². The van der Waals surface area contributed by atoms with Crippen molar-refractivity contribution in [1.82, 2.24) is 14.5 Å². The van der Waals surface area contributed by atoms with E-state index in [2.05, 4.69) is 208 Å². The molecule has 0 spiro atoms. The molecule has 61 heavy (non-hydrogen) atoms. The Kier molecular flexibility index (Phi) is 11.5. The molecule has 0 aliphatic carbocycles. The predicted octanol–water partition coefficient (Wildman–Crippen LogP) is 14.2. The van der Waals surface area contributed by atoms with Crippen molar-refractivity contribution < 1.29 is 26.2 Å². The van der Waals surface area contributed by atoms with Crippen molar-refractivity contribution in [3.8, 4) is 56.3 Å².